The zero-order valence-electron chi connectivity index (χ0n) is 31.3. The highest BCUT2D eigenvalue weighted by atomic mass is 16.7. The lowest BCUT2D eigenvalue weighted by Gasteiger charge is -2.39. The van der Waals surface area contributed by atoms with E-state index in [2.05, 4.69) is 0 Å². The topological polar surface area (TPSA) is 149 Å². The summed E-state index contributed by atoms with van der Waals surface area (Å²) in [5.41, 5.74) is 4.29. The van der Waals surface area contributed by atoms with E-state index in [4.69, 9.17) is 27.5 Å². The van der Waals surface area contributed by atoms with Crippen LogP contribution in [0.2, 0.25) is 0 Å². The van der Waals surface area contributed by atoms with Crippen LogP contribution < -0.4 is 10.9 Å². The predicted molar refractivity (Wildman–Crippen MR) is 207 cm³/mol. The normalized spacial score (nSPS) is 25.9. The fraction of sp³-hybridized carbons (Fsp3) is 0.195. The number of nitrogens with zero attached hydrogens (tertiary/aromatic N) is 2. The fourth-order valence-corrected chi connectivity index (χ4v) is 8.51. The van der Waals surface area contributed by atoms with Gasteiger partial charge in [0, 0.05) is 46.9 Å². The molecule has 284 valence electrons. The summed E-state index contributed by atoms with van der Waals surface area (Å²) in [6, 6.07) is 34.2. The van der Waals surface area contributed by atoms with E-state index in [-0.39, 0.29) is 64.6 Å². The zero-order chi connectivity index (χ0) is 39.5. The Hall–Kier alpha value is -6.44. The van der Waals surface area contributed by atoms with E-state index < -0.39 is 13.4 Å². The van der Waals surface area contributed by atoms with Crippen molar-refractivity contribution < 1.29 is 60.2 Å². The Bertz CT molecular complexity index is 2350. The molecule has 4 saturated heterocycles. The van der Waals surface area contributed by atoms with E-state index in [1.54, 1.807) is 0 Å². The van der Waals surface area contributed by atoms with Gasteiger partial charge in [0.15, 0.2) is 0 Å². The largest absolute Gasteiger partial charge is 0.619 e. The first-order valence-corrected chi connectivity index (χ1v) is 18.2. The van der Waals surface area contributed by atoms with Crippen molar-refractivity contribution in [1.82, 2.24) is 0 Å². The van der Waals surface area contributed by atoms with Gasteiger partial charge in [-0.25, -0.2) is 0 Å². The van der Waals surface area contributed by atoms with Crippen molar-refractivity contribution >= 4 is 75.9 Å². The number of para-hydroxylation sites is 2. The van der Waals surface area contributed by atoms with Crippen molar-refractivity contribution in [2.75, 3.05) is 40.3 Å². The highest BCUT2D eigenvalue weighted by molar-refractivity contribution is 6.83. The van der Waals surface area contributed by atoms with Crippen molar-refractivity contribution in [2.24, 2.45) is 0 Å². The third kappa shape index (κ3) is 5.78. The van der Waals surface area contributed by atoms with Gasteiger partial charge in [0.1, 0.15) is 54.6 Å². The lowest BCUT2D eigenvalue weighted by molar-refractivity contribution is -0.791. The van der Waals surface area contributed by atoms with Gasteiger partial charge in [0.2, 0.25) is 0 Å². The number of fused-ring (bicyclic) bond motifs is 4. The number of ketones is 1. The monoisotopic (exact) mass is 756 g/mol. The minimum absolute atomic E-state index is 0.0844. The molecule has 0 radical (unpaired) electrons. The molecule has 13 nitrogen and oxygen atoms in total. The van der Waals surface area contributed by atoms with Crippen molar-refractivity contribution in [3.8, 4) is 22.6 Å². The summed E-state index contributed by atoms with van der Waals surface area (Å²) in [7, 11) is 3.65. The molecule has 4 aliphatic rings. The molecule has 0 unspecified atom stereocenters. The van der Waals surface area contributed by atoms with Gasteiger partial charge in [-0.1, -0.05) is 97.1 Å². The maximum absolute atomic E-state index is 12.2. The first kappa shape index (κ1) is 36.5. The van der Waals surface area contributed by atoms with Crippen molar-refractivity contribution in [1.29, 1.82) is 0 Å². The molecule has 0 atom stereocenters. The van der Waals surface area contributed by atoms with Gasteiger partial charge < -0.3 is 41.0 Å². The molecule has 6 aromatic rings. The molecule has 0 aliphatic carbocycles. The summed E-state index contributed by atoms with van der Waals surface area (Å²) in [5, 5.41) is 1.58. The van der Waals surface area contributed by atoms with Crippen LogP contribution >= 0.6 is 0 Å². The fourth-order valence-electron chi connectivity index (χ4n) is 8.51. The van der Waals surface area contributed by atoms with Gasteiger partial charge >= 0.3 is 37.3 Å². The van der Waals surface area contributed by atoms with E-state index in [0.29, 0.717) is 33.6 Å². The number of likely N-dealkylation sites (N-methyl/N-ethyl adjacent to an activating group) is 2. The molecule has 10 rings (SSSR count). The Morgan fingerprint density at radius 3 is 1.09 bits per heavy atom. The molecule has 6 heterocycles. The Kier molecular flexibility index (Phi) is 8.74. The van der Waals surface area contributed by atoms with Crippen molar-refractivity contribution in [3.05, 3.63) is 109 Å². The number of rotatable bonds is 4. The molecule has 4 aromatic carbocycles. The average molecular weight is 756 g/mol. The van der Waals surface area contributed by atoms with Crippen LogP contribution in [0.25, 0.3) is 44.6 Å². The smallest absolute Gasteiger partial charge is 0.596 e. The minimum atomic E-state index is -2.38. The van der Waals surface area contributed by atoms with Crippen molar-refractivity contribution in [2.45, 2.75) is 13.8 Å². The number of carbonyl (C=O) groups is 5. The third-order valence-electron chi connectivity index (χ3n) is 10.8. The Morgan fingerprint density at radius 1 is 0.482 bits per heavy atom. The van der Waals surface area contributed by atoms with Gasteiger partial charge in [0.05, 0.1) is 0 Å². The quantitative estimate of drug-likeness (QED) is 0.238. The third-order valence-corrected chi connectivity index (χ3v) is 10.8. The molecule has 4 fully saturated rings. The molecular formula is C41H38B2N2O11. The van der Waals surface area contributed by atoms with E-state index in [1.165, 1.54) is 13.8 Å². The Morgan fingerprint density at radius 2 is 0.768 bits per heavy atom. The maximum atomic E-state index is 12.2. The average Bonchev–Trinajstić information content (AvgIpc) is 3.94. The van der Waals surface area contributed by atoms with Crippen LogP contribution in [0, 0.1) is 0 Å². The summed E-state index contributed by atoms with van der Waals surface area (Å²) in [4.78, 5) is 58.3. The molecule has 15 heteroatoms. The highest BCUT2D eigenvalue weighted by Gasteiger charge is 2.69. The molecule has 0 bridgehead atoms. The summed E-state index contributed by atoms with van der Waals surface area (Å²) in [5.74, 6) is -0.178. The number of Topliss-reactive ketones (excluding diaryl/α,β-unsaturated/α-hetero) is 1. The van der Waals surface area contributed by atoms with E-state index >= 15 is 0 Å². The lowest BCUT2D eigenvalue weighted by atomic mass is 9.59. The van der Waals surface area contributed by atoms with Crippen LogP contribution in [0.4, 0.5) is 0 Å². The minimum Gasteiger partial charge on any atom is -0.596 e. The molecular weight excluding hydrogens is 718 g/mol. The molecule has 0 amide bonds. The standard InChI is InChI=1S/2C19H16BNO5.C3H6O/c2*1-21-11-16(22)25-20(21,26-17(23)12-21)18-14-9-5-6-10-15(14)24-19(18)13-7-3-2-4-8-13;1-3(2)4/h2*2-10H,11-12H2,1H3;1-2H3. The second-order valence-electron chi connectivity index (χ2n) is 15.2. The molecule has 4 aliphatic heterocycles. The van der Waals surface area contributed by atoms with E-state index in [0.717, 1.165) is 21.9 Å². The molecule has 56 heavy (non-hydrogen) atoms. The van der Waals surface area contributed by atoms with Crippen LogP contribution in [0.15, 0.2) is 118 Å². The summed E-state index contributed by atoms with van der Waals surface area (Å²) >= 11 is 0. The van der Waals surface area contributed by atoms with Crippen LogP contribution in [0.5, 0.6) is 0 Å². The first-order valence-electron chi connectivity index (χ1n) is 18.2. The second kappa shape index (κ2) is 13.4. The van der Waals surface area contributed by atoms with E-state index in [1.807, 2.05) is 123 Å². The SMILES string of the molecule is CC(C)=O.C[N+]12CC(=O)O[B-]1(c1c(-c3ccccc3)oc3ccccc13)OC(=O)C2.C[N+]12CC(=O)O[B-]1(c1c(-c3ccccc3)oc3ccccc13)OC(=O)C2. The number of hydrogen-bond acceptors (Lipinski definition) is 11. The highest BCUT2D eigenvalue weighted by Crippen LogP contribution is 2.41. The first-order chi connectivity index (χ1) is 26.8. The van der Waals surface area contributed by atoms with Gasteiger partial charge in [0.25, 0.3) is 0 Å². The van der Waals surface area contributed by atoms with Crippen LogP contribution in [-0.4, -0.2) is 92.1 Å². The van der Waals surface area contributed by atoms with Crippen LogP contribution in [0.1, 0.15) is 13.8 Å². The van der Waals surface area contributed by atoms with Gasteiger partial charge in [-0.3, -0.25) is 19.2 Å². The van der Waals surface area contributed by atoms with Gasteiger partial charge in [-0.15, -0.1) is 0 Å². The maximum Gasteiger partial charge on any atom is 0.619 e. The molecule has 0 spiro atoms. The van der Waals surface area contributed by atoms with Crippen molar-refractivity contribution in [3.63, 3.8) is 0 Å². The summed E-state index contributed by atoms with van der Waals surface area (Å²) < 4.78 is 35.5. The van der Waals surface area contributed by atoms with Crippen LogP contribution in [0.3, 0.4) is 0 Å². The zero-order valence-corrected chi connectivity index (χ0v) is 31.3. The lowest BCUT2D eigenvalue weighted by Crippen LogP contribution is -2.67. The molecule has 0 N–H and O–H groups in total. The van der Waals surface area contributed by atoms with E-state index in [9.17, 15) is 24.0 Å². The number of quaternary nitrogens is 2. The van der Waals surface area contributed by atoms with Gasteiger partial charge in [-0.05, 0) is 26.0 Å². The number of hydrogen-bond donors (Lipinski definition) is 0. The van der Waals surface area contributed by atoms with Crippen LogP contribution in [-0.2, 0) is 42.6 Å². The summed E-state index contributed by atoms with van der Waals surface area (Å²) in [6.45, 7) is -1.31. The molecule has 0 saturated carbocycles. The Balaban J connectivity index is 0.000000144. The predicted octanol–water partition coefficient (Wildman–Crippen LogP) is 4.21. The molecule has 2 aromatic heterocycles. The number of carbonyl (C=O) groups excluding carboxylic acids is 5. The number of furan rings is 2. The Labute approximate surface area is 321 Å². The second-order valence-corrected chi connectivity index (χ2v) is 15.2. The summed E-state index contributed by atoms with van der Waals surface area (Å²) in [6.07, 6.45) is 0. The van der Waals surface area contributed by atoms with Gasteiger partial charge in [-0.2, -0.15) is 0 Å². The number of benzene rings is 4.